The molecule has 1 amide bonds. The Morgan fingerprint density at radius 1 is 1.20 bits per heavy atom. The topological polar surface area (TPSA) is 61.6 Å². The van der Waals surface area contributed by atoms with E-state index in [1.54, 1.807) is 0 Å². The molecule has 1 saturated heterocycles. The molecule has 1 aromatic rings. The molecule has 1 saturated carbocycles. The molecule has 0 bridgehead atoms. The average Bonchev–Trinajstić information content (AvgIpc) is 3.12. The number of nitrogens with zero attached hydrogens (tertiary/aromatic N) is 2. The Labute approximate surface area is 151 Å². The van der Waals surface area contributed by atoms with Gasteiger partial charge >= 0.3 is 0 Å². The van der Waals surface area contributed by atoms with Crippen molar-refractivity contribution in [2.24, 2.45) is 17.6 Å². The quantitative estimate of drug-likeness (QED) is 0.824. The monoisotopic (exact) mass is 344 g/mol. The fraction of sp³-hybridized carbons (Fsp3) is 0.650. The molecule has 1 aromatic carbocycles. The molecule has 138 valence electrons. The number of nitrogens with two attached hydrogens (primary N) is 1. The lowest BCUT2D eigenvalue weighted by molar-refractivity contribution is -0.126. The Bertz CT molecular complexity index is 542. The average molecular weight is 345 g/mol. The Hall–Kier alpha value is -1.59. The molecule has 25 heavy (non-hydrogen) atoms. The van der Waals surface area contributed by atoms with E-state index in [4.69, 9.17) is 5.73 Å². The molecule has 1 unspecified atom stereocenters. The predicted molar refractivity (Wildman–Crippen MR) is 103 cm³/mol. The number of piperazine rings is 1. The molecule has 5 heteroatoms. The van der Waals surface area contributed by atoms with E-state index >= 15 is 0 Å². The fourth-order valence-electron chi connectivity index (χ4n) is 4.27. The maximum atomic E-state index is 12.5. The van der Waals surface area contributed by atoms with Crippen molar-refractivity contribution in [1.29, 1.82) is 0 Å². The molecule has 0 aromatic heterocycles. The number of hydrogen-bond donors (Lipinski definition) is 2. The normalized spacial score (nSPS) is 25.8. The Morgan fingerprint density at radius 2 is 1.92 bits per heavy atom. The summed E-state index contributed by atoms with van der Waals surface area (Å²) in [7, 11) is 0. The van der Waals surface area contributed by atoms with E-state index in [0.717, 1.165) is 52.0 Å². The number of benzene rings is 1. The van der Waals surface area contributed by atoms with Gasteiger partial charge in [-0.1, -0.05) is 24.6 Å². The van der Waals surface area contributed by atoms with Crippen molar-refractivity contribution in [3.8, 4) is 0 Å². The summed E-state index contributed by atoms with van der Waals surface area (Å²) >= 11 is 0. The van der Waals surface area contributed by atoms with Gasteiger partial charge in [0.1, 0.15) is 0 Å². The number of carbonyl (C=O) groups is 1. The summed E-state index contributed by atoms with van der Waals surface area (Å²) in [5.41, 5.74) is 7.11. The van der Waals surface area contributed by atoms with Crippen LogP contribution >= 0.6 is 0 Å². The van der Waals surface area contributed by atoms with E-state index in [-0.39, 0.29) is 17.9 Å². The number of hydrogen-bond acceptors (Lipinski definition) is 4. The van der Waals surface area contributed by atoms with Crippen LogP contribution in [0.25, 0.3) is 0 Å². The minimum Gasteiger partial charge on any atom is -0.369 e. The summed E-state index contributed by atoms with van der Waals surface area (Å²) < 4.78 is 0. The van der Waals surface area contributed by atoms with Crippen LogP contribution in [0.3, 0.4) is 0 Å². The van der Waals surface area contributed by atoms with Crippen molar-refractivity contribution in [3.05, 3.63) is 30.3 Å². The van der Waals surface area contributed by atoms with Crippen LogP contribution < -0.4 is 16.0 Å². The highest BCUT2D eigenvalue weighted by atomic mass is 16.2. The van der Waals surface area contributed by atoms with Gasteiger partial charge in [0, 0.05) is 50.4 Å². The third-order valence-electron chi connectivity index (χ3n) is 5.71. The van der Waals surface area contributed by atoms with Crippen LogP contribution in [0.4, 0.5) is 5.69 Å². The third kappa shape index (κ3) is 4.73. The number of rotatable bonds is 6. The number of anilines is 1. The summed E-state index contributed by atoms with van der Waals surface area (Å²) in [6.45, 7) is 7.86. The number of nitrogens with one attached hydrogen (secondary N) is 1. The van der Waals surface area contributed by atoms with Gasteiger partial charge in [-0.15, -0.1) is 0 Å². The fourth-order valence-corrected chi connectivity index (χ4v) is 4.27. The highest BCUT2D eigenvalue weighted by Gasteiger charge is 2.32. The molecule has 5 nitrogen and oxygen atoms in total. The van der Waals surface area contributed by atoms with E-state index in [1.807, 2.05) is 0 Å². The largest absolute Gasteiger partial charge is 0.369 e. The first-order chi connectivity index (χ1) is 12.2. The van der Waals surface area contributed by atoms with Crippen LogP contribution in [0.2, 0.25) is 0 Å². The highest BCUT2D eigenvalue weighted by Crippen LogP contribution is 2.31. The molecule has 3 atom stereocenters. The first-order valence-electron chi connectivity index (χ1n) is 9.70. The molecule has 0 spiro atoms. The molecular formula is C20H32N4O. The standard InChI is InChI=1S/C20H32N4O/c1-16(22-20(25)19-9-5-6-17(19)14-21)15-23-10-12-24(13-11-23)18-7-3-2-4-8-18/h2-4,7-8,16-17,19H,5-6,9-15,21H2,1H3,(H,22,25)/t16?,17-,19-/m1/s1. The Kier molecular flexibility index (Phi) is 6.32. The van der Waals surface area contributed by atoms with Crippen molar-refractivity contribution in [3.63, 3.8) is 0 Å². The SMILES string of the molecule is CC(CN1CCN(c2ccccc2)CC1)NC(=O)[C@@H]1CCC[C@@H]1CN. The van der Waals surface area contributed by atoms with Gasteiger partial charge in [0.15, 0.2) is 0 Å². The van der Waals surface area contributed by atoms with Gasteiger partial charge in [0.05, 0.1) is 0 Å². The summed E-state index contributed by atoms with van der Waals surface area (Å²) in [5.74, 6) is 0.715. The molecule has 2 aliphatic rings. The van der Waals surface area contributed by atoms with E-state index in [9.17, 15) is 4.79 Å². The second-order valence-electron chi connectivity index (χ2n) is 7.57. The zero-order chi connectivity index (χ0) is 17.6. The van der Waals surface area contributed by atoms with Gasteiger partial charge in [0.2, 0.25) is 5.91 Å². The van der Waals surface area contributed by atoms with Crippen LogP contribution in [-0.2, 0) is 4.79 Å². The minimum absolute atomic E-state index is 0.127. The Balaban J connectivity index is 1.42. The van der Waals surface area contributed by atoms with Crippen LogP contribution in [0.1, 0.15) is 26.2 Å². The Morgan fingerprint density at radius 3 is 2.60 bits per heavy atom. The molecule has 1 heterocycles. The minimum atomic E-state index is 0.127. The van der Waals surface area contributed by atoms with Crippen molar-refractivity contribution in [1.82, 2.24) is 10.2 Å². The van der Waals surface area contributed by atoms with Crippen LogP contribution in [-0.4, -0.2) is 56.1 Å². The van der Waals surface area contributed by atoms with E-state index in [1.165, 1.54) is 5.69 Å². The molecule has 1 aliphatic heterocycles. The second-order valence-corrected chi connectivity index (χ2v) is 7.57. The van der Waals surface area contributed by atoms with E-state index < -0.39 is 0 Å². The zero-order valence-electron chi connectivity index (χ0n) is 15.4. The lowest BCUT2D eigenvalue weighted by Gasteiger charge is -2.37. The first kappa shape index (κ1) is 18.2. The van der Waals surface area contributed by atoms with Gasteiger partial charge in [0.25, 0.3) is 0 Å². The zero-order valence-corrected chi connectivity index (χ0v) is 15.4. The molecule has 3 rings (SSSR count). The molecule has 1 aliphatic carbocycles. The molecular weight excluding hydrogens is 312 g/mol. The number of para-hydroxylation sites is 1. The third-order valence-corrected chi connectivity index (χ3v) is 5.71. The van der Waals surface area contributed by atoms with Crippen LogP contribution in [0, 0.1) is 11.8 Å². The van der Waals surface area contributed by atoms with E-state index in [2.05, 4.69) is 52.4 Å². The number of carbonyl (C=O) groups excluding carboxylic acids is 1. The van der Waals surface area contributed by atoms with E-state index in [0.29, 0.717) is 12.5 Å². The second kappa shape index (κ2) is 8.68. The summed E-state index contributed by atoms with van der Waals surface area (Å²) in [6, 6.07) is 10.8. The molecule has 0 radical (unpaired) electrons. The van der Waals surface area contributed by atoms with Gasteiger partial charge in [-0.3, -0.25) is 9.69 Å². The maximum Gasteiger partial charge on any atom is 0.223 e. The molecule has 2 fully saturated rings. The van der Waals surface area contributed by atoms with Crippen molar-refractivity contribution >= 4 is 11.6 Å². The maximum absolute atomic E-state index is 12.5. The van der Waals surface area contributed by atoms with Gasteiger partial charge in [-0.2, -0.15) is 0 Å². The first-order valence-corrected chi connectivity index (χ1v) is 9.70. The van der Waals surface area contributed by atoms with Gasteiger partial charge < -0.3 is 16.0 Å². The summed E-state index contributed by atoms with van der Waals surface area (Å²) in [5, 5.41) is 3.23. The van der Waals surface area contributed by atoms with Gasteiger partial charge in [-0.05, 0) is 44.4 Å². The van der Waals surface area contributed by atoms with Crippen LogP contribution in [0.5, 0.6) is 0 Å². The van der Waals surface area contributed by atoms with Crippen molar-refractivity contribution in [2.45, 2.75) is 32.2 Å². The van der Waals surface area contributed by atoms with Crippen molar-refractivity contribution < 1.29 is 4.79 Å². The molecule has 3 N–H and O–H groups in total. The van der Waals surface area contributed by atoms with Crippen molar-refractivity contribution in [2.75, 3.05) is 44.2 Å². The smallest absolute Gasteiger partial charge is 0.223 e. The number of amides is 1. The lowest BCUT2D eigenvalue weighted by Crippen LogP contribution is -2.51. The predicted octanol–water partition coefficient (Wildman–Crippen LogP) is 1.69. The summed E-state index contributed by atoms with van der Waals surface area (Å²) in [4.78, 5) is 17.4. The summed E-state index contributed by atoms with van der Waals surface area (Å²) in [6.07, 6.45) is 3.23. The van der Waals surface area contributed by atoms with Gasteiger partial charge in [-0.25, -0.2) is 0 Å². The lowest BCUT2D eigenvalue weighted by atomic mass is 9.95. The highest BCUT2D eigenvalue weighted by molar-refractivity contribution is 5.79. The van der Waals surface area contributed by atoms with Crippen LogP contribution in [0.15, 0.2) is 30.3 Å².